The summed E-state index contributed by atoms with van der Waals surface area (Å²) in [6.45, 7) is 9.82. The molecule has 0 aromatic heterocycles. The molecule has 0 aromatic rings. The number of allylic oxidation sites excluding steroid dienone is 4. The van der Waals surface area contributed by atoms with E-state index in [1.807, 2.05) is 32.9 Å². The molecule has 1 aliphatic rings. The molecule has 1 aliphatic carbocycles. The van der Waals surface area contributed by atoms with Crippen molar-refractivity contribution in [2.75, 3.05) is 7.11 Å². The van der Waals surface area contributed by atoms with Crippen LogP contribution in [0.3, 0.4) is 0 Å². The molecule has 30 heavy (non-hydrogen) atoms. The number of rotatable bonds is 11. The molecule has 1 rings (SSSR count). The number of aliphatic hydroxyl groups excluding tert-OH is 1. The van der Waals surface area contributed by atoms with Crippen LogP contribution in [0.2, 0.25) is 0 Å². The van der Waals surface area contributed by atoms with Gasteiger partial charge < -0.3 is 14.9 Å². The molecule has 0 radical (unpaired) electrons. The van der Waals surface area contributed by atoms with Crippen LogP contribution in [0.15, 0.2) is 36.0 Å². The van der Waals surface area contributed by atoms with Crippen LogP contribution in [0, 0.1) is 11.8 Å². The minimum absolute atomic E-state index is 0.00394. The van der Waals surface area contributed by atoms with Crippen LogP contribution in [0.25, 0.3) is 0 Å². The van der Waals surface area contributed by atoms with E-state index in [-0.39, 0.29) is 30.3 Å². The van der Waals surface area contributed by atoms with E-state index in [1.165, 1.54) is 19.3 Å². The van der Waals surface area contributed by atoms with Crippen molar-refractivity contribution in [3.63, 3.8) is 0 Å². The highest BCUT2D eigenvalue weighted by atomic mass is 16.5. The number of unbranched alkanes of at least 4 members (excludes halogenated alkanes) is 4. The average Bonchev–Trinajstić information content (AvgIpc) is 3.12. The Bertz CT molecular complexity index is 534. The molecular weight excluding hydrogens is 380 g/mol. The standard InChI is InChI=1S/C22H34O4.C2H6.CH4O/c1-4-6-8-9-10-11-13-19-18(16-21(23)24)14-15-20(19)26-22(25)17(3)12-7-5-2;2*1-2/h5,7,11-13,18-20H,4,6,8-10,14-16H2,1-3H3,(H,23,24);1-2H3;2H,1H3/b7-5-,13-11+,17-12+;;/t18-,19?,20-;;/m1../s1. The largest absolute Gasteiger partial charge is 0.481 e. The summed E-state index contributed by atoms with van der Waals surface area (Å²) in [6, 6.07) is 0. The lowest BCUT2D eigenvalue weighted by molar-refractivity contribution is -0.145. The topological polar surface area (TPSA) is 83.8 Å². The molecule has 0 bridgehead atoms. The van der Waals surface area contributed by atoms with E-state index < -0.39 is 5.97 Å². The molecule has 174 valence electrons. The predicted molar refractivity (Wildman–Crippen MR) is 124 cm³/mol. The first-order valence-corrected chi connectivity index (χ1v) is 11.3. The Morgan fingerprint density at radius 1 is 1.10 bits per heavy atom. The van der Waals surface area contributed by atoms with E-state index in [4.69, 9.17) is 14.9 Å². The van der Waals surface area contributed by atoms with Crippen molar-refractivity contribution in [3.8, 4) is 0 Å². The Labute approximate surface area is 183 Å². The van der Waals surface area contributed by atoms with Crippen molar-refractivity contribution in [1.82, 2.24) is 0 Å². The first-order chi connectivity index (χ1) is 14.5. The van der Waals surface area contributed by atoms with E-state index in [9.17, 15) is 9.59 Å². The monoisotopic (exact) mass is 424 g/mol. The normalized spacial score (nSPS) is 21.0. The summed E-state index contributed by atoms with van der Waals surface area (Å²) in [5.74, 6) is -1.06. The molecule has 1 unspecified atom stereocenters. The number of carbonyl (C=O) groups is 2. The zero-order chi connectivity index (χ0) is 23.4. The number of carboxylic acid groups (broad SMARTS) is 1. The Morgan fingerprint density at radius 3 is 2.33 bits per heavy atom. The number of carbonyl (C=O) groups excluding carboxylic acids is 1. The second kappa shape index (κ2) is 20.4. The second-order valence-corrected chi connectivity index (χ2v) is 7.11. The second-order valence-electron chi connectivity index (χ2n) is 7.11. The fraction of sp³-hybridized carbons (Fsp3) is 0.680. The van der Waals surface area contributed by atoms with Gasteiger partial charge in [-0.05, 0) is 45.4 Å². The van der Waals surface area contributed by atoms with Gasteiger partial charge in [0.05, 0.1) is 0 Å². The molecule has 0 spiro atoms. The third-order valence-electron chi connectivity index (χ3n) is 4.93. The van der Waals surface area contributed by atoms with Gasteiger partial charge in [0, 0.05) is 25.0 Å². The van der Waals surface area contributed by atoms with Crippen molar-refractivity contribution < 1.29 is 24.5 Å². The third-order valence-corrected chi connectivity index (χ3v) is 4.93. The third kappa shape index (κ3) is 13.4. The summed E-state index contributed by atoms with van der Waals surface area (Å²) in [6.07, 6.45) is 16.9. The van der Waals surface area contributed by atoms with Gasteiger partial charge in [-0.15, -0.1) is 0 Å². The first-order valence-electron chi connectivity index (χ1n) is 11.3. The molecule has 1 fully saturated rings. The van der Waals surface area contributed by atoms with Gasteiger partial charge in [0.2, 0.25) is 0 Å². The molecule has 0 aromatic carbocycles. The molecule has 2 N–H and O–H groups in total. The van der Waals surface area contributed by atoms with Crippen molar-refractivity contribution in [3.05, 3.63) is 36.0 Å². The summed E-state index contributed by atoms with van der Waals surface area (Å²) < 4.78 is 5.70. The van der Waals surface area contributed by atoms with Crippen LogP contribution in [0.1, 0.15) is 86.0 Å². The van der Waals surface area contributed by atoms with E-state index in [0.29, 0.717) is 5.57 Å². The molecule has 3 atom stereocenters. The van der Waals surface area contributed by atoms with Crippen molar-refractivity contribution in [1.29, 1.82) is 0 Å². The van der Waals surface area contributed by atoms with Crippen LogP contribution in [0.4, 0.5) is 0 Å². The summed E-state index contributed by atoms with van der Waals surface area (Å²) in [5.41, 5.74) is 0.562. The molecule has 5 nitrogen and oxygen atoms in total. The van der Waals surface area contributed by atoms with Gasteiger partial charge in [-0.2, -0.15) is 0 Å². The van der Waals surface area contributed by atoms with Crippen molar-refractivity contribution in [2.24, 2.45) is 11.8 Å². The zero-order valence-corrected chi connectivity index (χ0v) is 19.9. The number of hydrogen-bond acceptors (Lipinski definition) is 4. The molecule has 0 aliphatic heterocycles. The van der Waals surface area contributed by atoms with Crippen molar-refractivity contribution in [2.45, 2.75) is 92.1 Å². The van der Waals surface area contributed by atoms with E-state index in [1.54, 1.807) is 13.0 Å². The van der Waals surface area contributed by atoms with Crippen LogP contribution in [-0.4, -0.2) is 35.4 Å². The van der Waals surface area contributed by atoms with Crippen LogP contribution >= 0.6 is 0 Å². The molecule has 0 saturated heterocycles. The minimum atomic E-state index is -0.785. The Kier molecular flexibility index (Phi) is 20.6. The number of ether oxygens (including phenoxy) is 1. The lowest BCUT2D eigenvalue weighted by Crippen LogP contribution is -2.25. The summed E-state index contributed by atoms with van der Waals surface area (Å²) in [4.78, 5) is 23.4. The molecule has 0 heterocycles. The number of aliphatic hydroxyl groups is 1. The first kappa shape index (κ1) is 30.3. The highest BCUT2D eigenvalue weighted by molar-refractivity contribution is 5.88. The van der Waals surface area contributed by atoms with Gasteiger partial charge >= 0.3 is 11.9 Å². The maximum atomic E-state index is 12.3. The lowest BCUT2D eigenvalue weighted by atomic mass is 9.91. The number of aliphatic carboxylic acids is 1. The highest BCUT2D eigenvalue weighted by Crippen LogP contribution is 2.38. The van der Waals surface area contributed by atoms with Gasteiger partial charge in [0.1, 0.15) is 6.10 Å². The molecular formula is C25H44O5. The van der Waals surface area contributed by atoms with Gasteiger partial charge in [0.15, 0.2) is 0 Å². The van der Waals surface area contributed by atoms with Gasteiger partial charge in [-0.1, -0.05) is 70.4 Å². The summed E-state index contributed by atoms with van der Waals surface area (Å²) in [7, 11) is 1.00. The van der Waals surface area contributed by atoms with E-state index >= 15 is 0 Å². The Hall–Kier alpha value is -1.88. The fourth-order valence-corrected chi connectivity index (χ4v) is 3.43. The molecule has 5 heteroatoms. The average molecular weight is 425 g/mol. The Morgan fingerprint density at radius 2 is 1.77 bits per heavy atom. The van der Waals surface area contributed by atoms with Crippen LogP contribution in [-0.2, 0) is 14.3 Å². The van der Waals surface area contributed by atoms with E-state index in [0.717, 1.165) is 32.8 Å². The van der Waals surface area contributed by atoms with Gasteiger partial charge in [-0.25, -0.2) is 4.79 Å². The van der Waals surface area contributed by atoms with Gasteiger partial charge in [0.25, 0.3) is 0 Å². The fourth-order valence-electron chi connectivity index (χ4n) is 3.43. The Balaban J connectivity index is 0. The summed E-state index contributed by atoms with van der Waals surface area (Å²) >= 11 is 0. The molecule has 1 saturated carbocycles. The number of hydrogen-bond donors (Lipinski definition) is 2. The van der Waals surface area contributed by atoms with Crippen molar-refractivity contribution >= 4 is 11.9 Å². The maximum Gasteiger partial charge on any atom is 0.334 e. The minimum Gasteiger partial charge on any atom is -0.481 e. The van der Waals surface area contributed by atoms with Gasteiger partial charge in [-0.3, -0.25) is 4.79 Å². The maximum absolute atomic E-state index is 12.3. The summed E-state index contributed by atoms with van der Waals surface area (Å²) in [5, 5.41) is 16.2. The zero-order valence-electron chi connectivity index (χ0n) is 19.9. The SMILES string of the molecule is C/C=C\C=C(/C)C(=O)O[C@@H]1CC[C@H](CC(=O)O)C1/C=C/CCCCCC.CC.CO. The predicted octanol–water partition coefficient (Wildman–Crippen LogP) is 6.08. The highest BCUT2D eigenvalue weighted by Gasteiger charge is 2.38. The van der Waals surface area contributed by atoms with E-state index in [2.05, 4.69) is 19.1 Å². The van der Waals surface area contributed by atoms with Crippen LogP contribution in [0.5, 0.6) is 0 Å². The lowest BCUT2D eigenvalue weighted by Gasteiger charge is -2.21. The number of esters is 1. The number of carboxylic acids is 1. The quantitative estimate of drug-likeness (QED) is 0.138. The smallest absolute Gasteiger partial charge is 0.334 e. The van der Waals surface area contributed by atoms with Crippen LogP contribution < -0.4 is 0 Å². The molecule has 0 amide bonds.